The number of carboxylic acid groups (broad SMARTS) is 1. The fourth-order valence-corrected chi connectivity index (χ4v) is 3.56. The molecule has 39 heavy (non-hydrogen) atoms. The first kappa shape index (κ1) is 32.7. The van der Waals surface area contributed by atoms with Gasteiger partial charge in [-0.1, -0.05) is 6.07 Å². The fraction of sp³-hybridized carbons (Fsp3) is 0.261. The van der Waals surface area contributed by atoms with E-state index in [1.807, 2.05) is 0 Å². The minimum atomic E-state index is -4.64. The van der Waals surface area contributed by atoms with Crippen molar-refractivity contribution in [3.05, 3.63) is 52.0 Å². The first-order chi connectivity index (χ1) is 18.2. The number of hydrogen-bond acceptors (Lipinski definition) is 7. The lowest BCUT2D eigenvalue weighted by molar-refractivity contribution is -0.156. The van der Waals surface area contributed by atoms with Gasteiger partial charge in [-0.05, 0) is 51.8 Å². The molecule has 0 aromatic heterocycles. The van der Waals surface area contributed by atoms with Crippen molar-refractivity contribution in [3.63, 3.8) is 0 Å². The second-order valence-corrected chi connectivity index (χ2v) is 8.24. The highest BCUT2D eigenvalue weighted by molar-refractivity contribution is 9.10. The van der Waals surface area contributed by atoms with E-state index < -0.39 is 36.3 Å². The molecule has 0 aliphatic rings. The van der Waals surface area contributed by atoms with Crippen molar-refractivity contribution in [2.24, 2.45) is 16.5 Å². The van der Waals surface area contributed by atoms with Gasteiger partial charge in [0.25, 0.3) is 5.91 Å². The van der Waals surface area contributed by atoms with Gasteiger partial charge in [-0.3, -0.25) is 19.2 Å². The van der Waals surface area contributed by atoms with Crippen LogP contribution in [0.4, 0.5) is 18.9 Å². The molecule has 2 amide bonds. The summed E-state index contributed by atoms with van der Waals surface area (Å²) in [7, 11) is 2.91. The molecule has 2 aromatic rings. The van der Waals surface area contributed by atoms with Gasteiger partial charge in [0.15, 0.2) is 17.5 Å². The average Bonchev–Trinajstić information content (AvgIpc) is 2.85. The Hall–Kier alpha value is -4.34. The van der Waals surface area contributed by atoms with Gasteiger partial charge < -0.3 is 36.7 Å². The predicted octanol–water partition coefficient (Wildman–Crippen LogP) is 2.67. The predicted molar refractivity (Wildman–Crippen MR) is 141 cm³/mol. The lowest BCUT2D eigenvalue weighted by Gasteiger charge is -2.20. The van der Waals surface area contributed by atoms with Crippen LogP contribution in [0.3, 0.4) is 0 Å². The number of rotatable bonds is 10. The second-order valence-electron chi connectivity index (χ2n) is 7.39. The number of carboxylic acids is 1. The first-order valence-electron chi connectivity index (χ1n) is 10.6. The van der Waals surface area contributed by atoms with E-state index in [-0.39, 0.29) is 27.3 Å². The number of ether oxygens (including phenoxy) is 2. The highest BCUT2D eigenvalue weighted by atomic mass is 79.9. The molecular weight excluding hydrogens is 595 g/mol. The molecule has 0 fully saturated rings. The third kappa shape index (κ3) is 11.7. The summed E-state index contributed by atoms with van der Waals surface area (Å²) in [4.78, 5) is 48.8. The lowest BCUT2D eigenvalue weighted by atomic mass is 10.0. The molecule has 0 heterocycles. The number of guanidine groups is 1. The molecule has 1 unspecified atom stereocenters. The third-order valence-corrected chi connectivity index (χ3v) is 5.07. The van der Waals surface area contributed by atoms with Crippen molar-refractivity contribution in [3.8, 4) is 11.5 Å². The summed E-state index contributed by atoms with van der Waals surface area (Å²) in [6.07, 6.45) is -6.09. The van der Waals surface area contributed by atoms with Crippen LogP contribution < -0.4 is 31.6 Å². The maximum atomic E-state index is 12.5. The van der Waals surface area contributed by atoms with Crippen LogP contribution in [-0.2, 0) is 14.4 Å². The monoisotopic (exact) mass is 623 g/mol. The van der Waals surface area contributed by atoms with Crippen LogP contribution in [0.2, 0.25) is 0 Å². The zero-order valence-corrected chi connectivity index (χ0v) is 22.1. The summed E-state index contributed by atoms with van der Waals surface area (Å²) in [5.41, 5.74) is 11.8. The van der Waals surface area contributed by atoms with Gasteiger partial charge in [-0.25, -0.2) is 4.99 Å². The number of carbonyl (C=O) groups excluding carboxylic acids is 3. The summed E-state index contributed by atoms with van der Waals surface area (Å²) in [6, 6.07) is 8.52. The molecule has 0 saturated carbocycles. The highest BCUT2D eigenvalue weighted by Crippen LogP contribution is 2.38. The number of aliphatic carboxylic acids is 1. The van der Waals surface area contributed by atoms with Gasteiger partial charge >= 0.3 is 12.1 Å². The van der Waals surface area contributed by atoms with Gasteiger partial charge in [-0.15, -0.1) is 0 Å². The van der Waals surface area contributed by atoms with Crippen molar-refractivity contribution >= 4 is 51.6 Å². The number of nitrogens with zero attached hydrogens (tertiary/aromatic N) is 1. The summed E-state index contributed by atoms with van der Waals surface area (Å²) in [5, 5.41) is 14.4. The molecule has 0 aliphatic heterocycles. The van der Waals surface area contributed by atoms with E-state index in [4.69, 9.17) is 25.7 Å². The lowest BCUT2D eigenvalue weighted by Crippen LogP contribution is -2.39. The summed E-state index contributed by atoms with van der Waals surface area (Å²) < 4.78 is 42.3. The van der Waals surface area contributed by atoms with Crippen molar-refractivity contribution in [2.75, 3.05) is 20.8 Å². The zero-order chi connectivity index (χ0) is 29.8. The number of nitrogens with two attached hydrogens (primary N) is 2. The Labute approximate surface area is 231 Å². The Morgan fingerprint density at radius 3 is 2.33 bits per heavy atom. The van der Waals surface area contributed by atoms with E-state index in [0.29, 0.717) is 27.2 Å². The molecule has 0 bridgehead atoms. The highest BCUT2D eigenvalue weighted by Gasteiger charge is 2.25. The fourth-order valence-electron chi connectivity index (χ4n) is 2.94. The maximum absolute atomic E-state index is 12.5. The molecule has 12 nitrogen and oxygen atoms in total. The second kappa shape index (κ2) is 15.2. The topological polar surface area (TPSA) is 195 Å². The van der Waals surface area contributed by atoms with E-state index in [1.165, 1.54) is 26.4 Å². The molecule has 16 heteroatoms. The molecule has 2 aromatic carbocycles. The molecule has 0 radical (unpaired) electrons. The number of nitrogens with one attached hydrogen (secondary N) is 2. The number of amides is 2. The smallest absolute Gasteiger partial charge is 0.446 e. The van der Waals surface area contributed by atoms with Gasteiger partial charge in [0.1, 0.15) is 0 Å². The summed E-state index contributed by atoms with van der Waals surface area (Å²) in [6.45, 7) is -0.379. The Kier molecular flexibility index (Phi) is 12.7. The number of alkyl halides is 3. The van der Waals surface area contributed by atoms with Crippen molar-refractivity contribution in [1.82, 2.24) is 10.6 Å². The van der Waals surface area contributed by atoms with Crippen LogP contribution in [0.1, 0.15) is 31.2 Å². The SMILES string of the molecule is COc1cc(C(CC(=O)O)NC(=O)CNC(=O)c2cccc(N=C(N)N)c2)cc(Br)c1OC.O=CC(F)(F)F.[HH].[HH]. The van der Waals surface area contributed by atoms with E-state index in [1.54, 1.807) is 24.3 Å². The van der Waals surface area contributed by atoms with Crippen LogP contribution in [-0.4, -0.2) is 62.1 Å². The van der Waals surface area contributed by atoms with Crippen LogP contribution in [0, 0.1) is 0 Å². The number of aldehydes is 1. The molecule has 0 aliphatic carbocycles. The molecule has 216 valence electrons. The van der Waals surface area contributed by atoms with Crippen molar-refractivity contribution < 1.29 is 49.8 Å². The number of methoxy groups -OCH3 is 2. The number of halogens is 4. The molecule has 0 spiro atoms. The third-order valence-electron chi connectivity index (χ3n) is 4.48. The normalized spacial score (nSPS) is 11.1. The Balaban J connectivity index is 0. The number of aliphatic imine (C=N–C) groups is 1. The minimum Gasteiger partial charge on any atom is -0.493 e. The van der Waals surface area contributed by atoms with Gasteiger partial charge in [0.05, 0.1) is 43.4 Å². The van der Waals surface area contributed by atoms with Crippen LogP contribution >= 0.6 is 15.9 Å². The first-order valence-corrected chi connectivity index (χ1v) is 11.4. The summed E-state index contributed by atoms with van der Waals surface area (Å²) in [5.74, 6) is -1.59. The maximum Gasteiger partial charge on any atom is 0.446 e. The number of benzene rings is 2. The molecule has 2 rings (SSSR count). The standard InChI is InChI=1S/C21H24BrN5O6.C2HF3O.2H2/c1-32-16-8-12(7-14(22)19(16)33-2)15(9-18(29)30)27-17(28)10-25-20(31)11-4-3-5-13(6-11)26-21(23)24;3-2(4,5)1-6;;/h3-8,15H,9-10H2,1-2H3,(H,25,31)(H,27,28)(H,29,30)(H4,23,24,26);1H;2*1H. The zero-order valence-electron chi connectivity index (χ0n) is 20.5. The van der Waals surface area contributed by atoms with Crippen LogP contribution in [0.15, 0.2) is 45.9 Å². The van der Waals surface area contributed by atoms with Gasteiger partial charge in [0, 0.05) is 8.42 Å². The quantitative estimate of drug-likeness (QED) is 0.150. The molecule has 1 atom stereocenters. The Morgan fingerprint density at radius 2 is 1.82 bits per heavy atom. The number of hydrogen-bond donors (Lipinski definition) is 5. The summed E-state index contributed by atoms with van der Waals surface area (Å²) >= 11 is 3.35. The van der Waals surface area contributed by atoms with E-state index in [2.05, 4.69) is 31.6 Å². The largest absolute Gasteiger partial charge is 0.493 e. The Morgan fingerprint density at radius 1 is 1.18 bits per heavy atom. The Bertz CT molecular complexity index is 1230. The molecule has 7 N–H and O–H groups in total. The molecular formula is C23H29BrF3N5O7. The van der Waals surface area contributed by atoms with Crippen LogP contribution in [0.5, 0.6) is 11.5 Å². The average molecular weight is 624 g/mol. The van der Waals surface area contributed by atoms with E-state index in [0.717, 1.165) is 0 Å². The van der Waals surface area contributed by atoms with Gasteiger partial charge in [-0.2, -0.15) is 13.2 Å². The van der Waals surface area contributed by atoms with Crippen molar-refractivity contribution in [2.45, 2.75) is 18.6 Å². The van der Waals surface area contributed by atoms with Gasteiger partial charge in [0.2, 0.25) is 12.2 Å². The van der Waals surface area contributed by atoms with Crippen molar-refractivity contribution in [1.29, 1.82) is 0 Å². The van der Waals surface area contributed by atoms with Crippen LogP contribution in [0.25, 0.3) is 0 Å². The van der Waals surface area contributed by atoms with E-state index >= 15 is 0 Å². The number of carbonyl (C=O) groups is 4. The molecule has 0 saturated heterocycles. The minimum absolute atomic E-state index is 0. The van der Waals surface area contributed by atoms with E-state index in [9.17, 15) is 32.7 Å².